The Bertz CT molecular complexity index is 381. The maximum atomic E-state index is 10.2. The molecule has 0 aliphatic heterocycles. The highest BCUT2D eigenvalue weighted by molar-refractivity contribution is 5.32. The van der Waals surface area contributed by atoms with E-state index < -0.39 is 0 Å². The molecule has 1 fully saturated rings. The lowest BCUT2D eigenvalue weighted by Gasteiger charge is -2.34. The summed E-state index contributed by atoms with van der Waals surface area (Å²) in [5.41, 5.74) is 3.03. The molecule has 0 saturated heterocycles. The fourth-order valence-corrected chi connectivity index (χ4v) is 3.41. The number of rotatable bonds is 3. The summed E-state index contributed by atoms with van der Waals surface area (Å²) < 4.78 is 0. The van der Waals surface area contributed by atoms with E-state index in [9.17, 15) is 5.11 Å². The highest BCUT2D eigenvalue weighted by atomic mass is 16.3. The Morgan fingerprint density at radius 2 is 1.94 bits per heavy atom. The largest absolute Gasteiger partial charge is 0.393 e. The van der Waals surface area contributed by atoms with Gasteiger partial charge in [0.15, 0.2) is 0 Å². The highest BCUT2D eigenvalue weighted by Gasteiger charge is 2.29. The van der Waals surface area contributed by atoms with Gasteiger partial charge in [0.05, 0.1) is 6.10 Å². The topological polar surface area (TPSA) is 20.2 Å². The van der Waals surface area contributed by atoms with Crippen LogP contribution >= 0.6 is 0 Å². The molecule has 1 heteroatoms. The SMILES string of the molecule is OC(CC1CCCc2ccccc21)C1CCC1. The average molecular weight is 230 g/mol. The molecule has 17 heavy (non-hydrogen) atoms. The first-order valence-electron chi connectivity index (χ1n) is 7.10. The van der Waals surface area contributed by atoms with Crippen molar-refractivity contribution in [2.45, 2.75) is 57.0 Å². The molecule has 2 aliphatic carbocycles. The van der Waals surface area contributed by atoms with E-state index in [1.165, 1.54) is 49.7 Å². The molecular weight excluding hydrogens is 208 g/mol. The summed E-state index contributed by atoms with van der Waals surface area (Å²) in [4.78, 5) is 0. The molecule has 0 bridgehead atoms. The summed E-state index contributed by atoms with van der Waals surface area (Å²) in [6.07, 6.45) is 8.53. The third-order valence-corrected chi connectivity index (χ3v) is 4.71. The zero-order valence-electron chi connectivity index (χ0n) is 10.4. The molecule has 1 saturated carbocycles. The molecule has 1 nitrogen and oxygen atoms in total. The molecule has 0 aromatic heterocycles. The second kappa shape index (κ2) is 4.81. The summed E-state index contributed by atoms with van der Waals surface area (Å²) in [5.74, 6) is 1.21. The Labute approximate surface area is 104 Å². The lowest BCUT2D eigenvalue weighted by Crippen LogP contribution is -2.29. The number of aliphatic hydroxyl groups is 1. The molecule has 0 radical (unpaired) electrons. The third kappa shape index (κ3) is 2.26. The van der Waals surface area contributed by atoms with Crippen LogP contribution in [-0.4, -0.2) is 11.2 Å². The molecular formula is C16H22O. The number of benzene rings is 1. The van der Waals surface area contributed by atoms with Crippen molar-refractivity contribution in [2.24, 2.45) is 5.92 Å². The van der Waals surface area contributed by atoms with Crippen LogP contribution in [0.15, 0.2) is 24.3 Å². The van der Waals surface area contributed by atoms with Crippen LogP contribution in [0.3, 0.4) is 0 Å². The van der Waals surface area contributed by atoms with Gasteiger partial charge in [-0.2, -0.15) is 0 Å². The van der Waals surface area contributed by atoms with E-state index in [4.69, 9.17) is 0 Å². The van der Waals surface area contributed by atoms with Crippen LogP contribution in [0.1, 0.15) is 55.6 Å². The Morgan fingerprint density at radius 3 is 2.71 bits per heavy atom. The Morgan fingerprint density at radius 1 is 1.12 bits per heavy atom. The van der Waals surface area contributed by atoms with Crippen molar-refractivity contribution >= 4 is 0 Å². The molecule has 2 unspecified atom stereocenters. The summed E-state index contributed by atoms with van der Waals surface area (Å²) >= 11 is 0. The van der Waals surface area contributed by atoms with Crippen LogP contribution in [0.5, 0.6) is 0 Å². The van der Waals surface area contributed by atoms with Gasteiger partial charge >= 0.3 is 0 Å². The van der Waals surface area contributed by atoms with Gasteiger partial charge in [-0.1, -0.05) is 30.7 Å². The lowest BCUT2D eigenvalue weighted by atomic mass is 9.74. The molecule has 0 heterocycles. The van der Waals surface area contributed by atoms with Crippen molar-refractivity contribution in [1.82, 2.24) is 0 Å². The molecule has 3 rings (SSSR count). The van der Waals surface area contributed by atoms with Crippen LogP contribution < -0.4 is 0 Å². The predicted molar refractivity (Wildman–Crippen MR) is 70.1 cm³/mol. The van der Waals surface area contributed by atoms with E-state index in [0.29, 0.717) is 11.8 Å². The minimum Gasteiger partial charge on any atom is -0.393 e. The molecule has 92 valence electrons. The normalized spacial score (nSPS) is 26.1. The first kappa shape index (κ1) is 11.3. The first-order valence-corrected chi connectivity index (χ1v) is 7.10. The zero-order chi connectivity index (χ0) is 11.7. The van der Waals surface area contributed by atoms with Gasteiger partial charge in [-0.05, 0) is 61.5 Å². The minimum absolute atomic E-state index is 0.0556. The van der Waals surface area contributed by atoms with Crippen molar-refractivity contribution in [1.29, 1.82) is 0 Å². The summed E-state index contributed by atoms with van der Waals surface area (Å²) in [6, 6.07) is 8.82. The van der Waals surface area contributed by atoms with Gasteiger partial charge in [0.1, 0.15) is 0 Å². The molecule has 1 aromatic rings. The summed E-state index contributed by atoms with van der Waals surface area (Å²) in [7, 11) is 0. The van der Waals surface area contributed by atoms with Crippen molar-refractivity contribution in [3.8, 4) is 0 Å². The Kier molecular flexibility index (Phi) is 3.19. The van der Waals surface area contributed by atoms with Crippen molar-refractivity contribution in [3.05, 3.63) is 35.4 Å². The molecule has 2 aliphatic rings. The number of aryl methyl sites for hydroxylation is 1. The molecule has 0 spiro atoms. The molecule has 1 N–H and O–H groups in total. The van der Waals surface area contributed by atoms with Crippen LogP contribution in [-0.2, 0) is 6.42 Å². The maximum Gasteiger partial charge on any atom is 0.0574 e. The van der Waals surface area contributed by atoms with Gasteiger partial charge in [-0.15, -0.1) is 0 Å². The molecule has 0 amide bonds. The monoisotopic (exact) mass is 230 g/mol. The number of aliphatic hydroxyl groups excluding tert-OH is 1. The fourth-order valence-electron chi connectivity index (χ4n) is 3.41. The lowest BCUT2D eigenvalue weighted by molar-refractivity contribution is 0.0485. The van der Waals surface area contributed by atoms with Gasteiger partial charge in [0.2, 0.25) is 0 Å². The van der Waals surface area contributed by atoms with E-state index in [1.54, 1.807) is 0 Å². The number of fused-ring (bicyclic) bond motifs is 1. The number of hydrogen-bond donors (Lipinski definition) is 1. The van der Waals surface area contributed by atoms with E-state index >= 15 is 0 Å². The second-order valence-corrected chi connectivity index (χ2v) is 5.78. The van der Waals surface area contributed by atoms with Crippen molar-refractivity contribution in [3.63, 3.8) is 0 Å². The van der Waals surface area contributed by atoms with Gasteiger partial charge in [-0.3, -0.25) is 0 Å². The van der Waals surface area contributed by atoms with Gasteiger partial charge in [-0.25, -0.2) is 0 Å². The minimum atomic E-state index is -0.0556. The van der Waals surface area contributed by atoms with Gasteiger partial charge in [0, 0.05) is 0 Å². The Hall–Kier alpha value is -0.820. The van der Waals surface area contributed by atoms with Crippen LogP contribution in [0.25, 0.3) is 0 Å². The van der Waals surface area contributed by atoms with Crippen molar-refractivity contribution < 1.29 is 5.11 Å². The third-order valence-electron chi connectivity index (χ3n) is 4.71. The van der Waals surface area contributed by atoms with Gasteiger partial charge < -0.3 is 5.11 Å². The maximum absolute atomic E-state index is 10.2. The molecule has 2 atom stereocenters. The van der Waals surface area contributed by atoms with E-state index in [-0.39, 0.29) is 6.10 Å². The molecule has 1 aromatic carbocycles. The zero-order valence-corrected chi connectivity index (χ0v) is 10.4. The summed E-state index contributed by atoms with van der Waals surface area (Å²) in [6.45, 7) is 0. The van der Waals surface area contributed by atoms with Gasteiger partial charge in [0.25, 0.3) is 0 Å². The second-order valence-electron chi connectivity index (χ2n) is 5.78. The van der Waals surface area contributed by atoms with E-state index in [0.717, 1.165) is 6.42 Å². The predicted octanol–water partition coefficient (Wildman–Crippen LogP) is 3.66. The van der Waals surface area contributed by atoms with Crippen molar-refractivity contribution in [2.75, 3.05) is 0 Å². The smallest absolute Gasteiger partial charge is 0.0574 e. The standard InChI is InChI=1S/C16H22O/c17-16(13-7-4-8-13)11-14-9-3-6-12-5-1-2-10-15(12)14/h1-2,5,10,13-14,16-17H,3-4,6-9,11H2. The fraction of sp³-hybridized carbons (Fsp3) is 0.625. The van der Waals surface area contributed by atoms with Crippen LogP contribution in [0.4, 0.5) is 0 Å². The number of hydrogen-bond acceptors (Lipinski definition) is 1. The summed E-state index contributed by atoms with van der Waals surface area (Å²) in [5, 5.41) is 10.2. The van der Waals surface area contributed by atoms with Crippen LogP contribution in [0.2, 0.25) is 0 Å². The van der Waals surface area contributed by atoms with Crippen LogP contribution in [0, 0.1) is 5.92 Å². The van der Waals surface area contributed by atoms with E-state index in [2.05, 4.69) is 24.3 Å². The quantitative estimate of drug-likeness (QED) is 0.840. The highest BCUT2D eigenvalue weighted by Crippen LogP contribution is 2.39. The Balaban J connectivity index is 1.71. The first-order chi connectivity index (χ1) is 8.34. The van der Waals surface area contributed by atoms with E-state index in [1.807, 2.05) is 0 Å². The average Bonchev–Trinajstić information content (AvgIpc) is 2.27.